The molecule has 0 bridgehead atoms. The van der Waals surface area contributed by atoms with E-state index in [0.717, 1.165) is 0 Å². The zero-order chi connectivity index (χ0) is 6.97. The van der Waals surface area contributed by atoms with Gasteiger partial charge in [-0.2, -0.15) is 0 Å². The molecule has 1 aromatic rings. The van der Waals surface area contributed by atoms with Crippen LogP contribution >= 0.6 is 0 Å². The molecule has 0 fully saturated rings. The summed E-state index contributed by atoms with van der Waals surface area (Å²) in [4.78, 5) is 0. The third-order valence-corrected chi connectivity index (χ3v) is 1.90. The van der Waals surface area contributed by atoms with Crippen LogP contribution in [-0.4, -0.2) is 0 Å². The fraction of sp³-hybridized carbons (Fsp3) is 0.200. The molecule has 2 rings (SSSR count). The molecule has 0 saturated carbocycles. The van der Waals surface area contributed by atoms with E-state index in [0.29, 0.717) is 0 Å². The number of hydrogen-bond donors (Lipinski definition) is 0. The topological polar surface area (TPSA) is 0 Å². The highest BCUT2D eigenvalue weighted by atomic mass is 14.1. The van der Waals surface area contributed by atoms with Crippen molar-refractivity contribution >= 4 is 5.57 Å². The first-order chi connectivity index (χ1) is 4.88. The Hall–Kier alpha value is -1.04. The first kappa shape index (κ1) is 5.72. The lowest BCUT2D eigenvalue weighted by molar-refractivity contribution is 1.42. The molecule has 0 aliphatic heterocycles. The average molecular weight is 130 g/mol. The summed E-state index contributed by atoms with van der Waals surface area (Å²) >= 11 is 0. The minimum absolute atomic E-state index is 1.20. The summed E-state index contributed by atoms with van der Waals surface area (Å²) in [6.07, 6.45) is 3.47. The molecule has 0 atom stereocenters. The number of aryl methyl sites for hydroxylation is 1. The lowest BCUT2D eigenvalue weighted by Gasteiger charge is -1.97. The number of allylic oxidation sites excluding steroid dienone is 2. The molecule has 10 heavy (non-hydrogen) atoms. The van der Waals surface area contributed by atoms with Crippen LogP contribution in [0.4, 0.5) is 0 Å². The lowest BCUT2D eigenvalue weighted by Crippen LogP contribution is -1.78. The van der Waals surface area contributed by atoms with Crippen LogP contribution < -0.4 is 0 Å². The second kappa shape index (κ2) is 1.98. The Morgan fingerprint density at radius 3 is 2.50 bits per heavy atom. The minimum atomic E-state index is 1.20. The zero-order valence-electron chi connectivity index (χ0n) is 6.09. The van der Waals surface area contributed by atoms with Gasteiger partial charge in [-0.15, -0.1) is 0 Å². The van der Waals surface area contributed by atoms with Gasteiger partial charge in [0, 0.05) is 0 Å². The molecule has 1 aliphatic carbocycles. The van der Waals surface area contributed by atoms with Crippen molar-refractivity contribution in [2.75, 3.05) is 0 Å². The third kappa shape index (κ3) is 0.860. The molecule has 0 spiro atoms. The van der Waals surface area contributed by atoms with Crippen molar-refractivity contribution in [3.8, 4) is 0 Å². The molecule has 0 saturated heterocycles. The first-order valence-electron chi connectivity index (χ1n) is 3.63. The number of benzene rings is 1. The monoisotopic (exact) mass is 130 g/mol. The van der Waals surface area contributed by atoms with Crippen LogP contribution in [0.25, 0.3) is 5.57 Å². The van der Waals surface area contributed by atoms with Gasteiger partial charge < -0.3 is 0 Å². The van der Waals surface area contributed by atoms with E-state index in [4.69, 9.17) is 0 Å². The summed E-state index contributed by atoms with van der Waals surface area (Å²) < 4.78 is 0. The van der Waals surface area contributed by atoms with Gasteiger partial charge in [0.15, 0.2) is 0 Å². The second-order valence-electron chi connectivity index (χ2n) is 2.75. The highest BCUT2D eigenvalue weighted by Crippen LogP contribution is 2.32. The molecule has 0 amide bonds. The molecule has 0 N–H and O–H groups in total. The highest BCUT2D eigenvalue weighted by Gasteiger charge is 2.10. The van der Waals surface area contributed by atoms with E-state index in [9.17, 15) is 0 Å². The zero-order valence-corrected chi connectivity index (χ0v) is 6.09. The lowest BCUT2D eigenvalue weighted by atomic mass is 10.1. The van der Waals surface area contributed by atoms with Crippen LogP contribution in [0.2, 0.25) is 0 Å². The Kier molecular flexibility index (Phi) is 1.13. The maximum Gasteiger partial charge on any atom is -0.00883 e. The van der Waals surface area contributed by atoms with E-state index < -0.39 is 0 Å². The van der Waals surface area contributed by atoms with E-state index >= 15 is 0 Å². The average Bonchev–Trinajstić information content (AvgIpc) is 2.71. The van der Waals surface area contributed by atoms with Crippen LogP contribution in [0.3, 0.4) is 0 Å². The van der Waals surface area contributed by atoms with Crippen molar-refractivity contribution < 1.29 is 0 Å². The summed E-state index contributed by atoms with van der Waals surface area (Å²) in [7, 11) is 0. The Morgan fingerprint density at radius 2 is 1.90 bits per heavy atom. The van der Waals surface area contributed by atoms with Crippen LogP contribution in [0.1, 0.15) is 17.5 Å². The molecule has 1 aliphatic rings. The maximum atomic E-state index is 2.27. The predicted molar refractivity (Wildman–Crippen MR) is 43.8 cm³/mol. The fourth-order valence-corrected chi connectivity index (χ4v) is 1.20. The molecular formula is C10H10. The van der Waals surface area contributed by atoms with E-state index in [1.54, 1.807) is 0 Å². The molecule has 0 heteroatoms. The van der Waals surface area contributed by atoms with Gasteiger partial charge in [0.1, 0.15) is 0 Å². The van der Waals surface area contributed by atoms with E-state index in [1.165, 1.54) is 23.1 Å². The summed E-state index contributed by atoms with van der Waals surface area (Å²) in [5.41, 5.74) is 4.34. The maximum absolute atomic E-state index is 2.27. The Balaban J connectivity index is 2.49. The first-order valence-corrected chi connectivity index (χ1v) is 3.63. The largest absolute Gasteiger partial charge is 0.0760 e. The second-order valence-corrected chi connectivity index (χ2v) is 2.75. The summed E-state index contributed by atoms with van der Waals surface area (Å²) in [5, 5.41) is 0. The summed E-state index contributed by atoms with van der Waals surface area (Å²) in [6, 6.07) is 8.53. The molecule has 0 heterocycles. The van der Waals surface area contributed by atoms with Gasteiger partial charge in [-0.25, -0.2) is 0 Å². The van der Waals surface area contributed by atoms with Gasteiger partial charge in [0.25, 0.3) is 0 Å². The highest BCUT2D eigenvalue weighted by molar-refractivity contribution is 5.78. The van der Waals surface area contributed by atoms with Crippen molar-refractivity contribution in [1.82, 2.24) is 0 Å². The van der Waals surface area contributed by atoms with Gasteiger partial charge in [-0.1, -0.05) is 30.3 Å². The van der Waals surface area contributed by atoms with Crippen molar-refractivity contribution in [3.63, 3.8) is 0 Å². The van der Waals surface area contributed by atoms with Crippen LogP contribution in [0.5, 0.6) is 0 Å². The number of hydrogen-bond acceptors (Lipinski definition) is 0. The van der Waals surface area contributed by atoms with Crippen LogP contribution in [-0.2, 0) is 0 Å². The standard InChI is InChI=1S/C10H10/c1-8-4-2-3-5-10(8)9-6-7-9/h2-6H,7H2,1H3. The fourth-order valence-electron chi connectivity index (χ4n) is 1.20. The number of rotatable bonds is 1. The van der Waals surface area contributed by atoms with Crippen molar-refractivity contribution in [2.45, 2.75) is 13.3 Å². The van der Waals surface area contributed by atoms with Crippen LogP contribution in [0.15, 0.2) is 30.3 Å². The molecule has 0 unspecified atom stereocenters. The van der Waals surface area contributed by atoms with E-state index in [2.05, 4.69) is 37.3 Å². The molecule has 1 aromatic carbocycles. The molecular weight excluding hydrogens is 120 g/mol. The van der Waals surface area contributed by atoms with Gasteiger partial charge in [0.05, 0.1) is 0 Å². The van der Waals surface area contributed by atoms with E-state index in [1.807, 2.05) is 0 Å². The quantitative estimate of drug-likeness (QED) is 0.548. The Labute approximate surface area is 61.2 Å². The SMILES string of the molecule is Cc1ccccc1C1=CC1. The Morgan fingerprint density at radius 1 is 1.20 bits per heavy atom. The van der Waals surface area contributed by atoms with Crippen molar-refractivity contribution in [1.29, 1.82) is 0 Å². The van der Waals surface area contributed by atoms with E-state index in [-0.39, 0.29) is 0 Å². The van der Waals surface area contributed by atoms with Gasteiger partial charge >= 0.3 is 0 Å². The smallest absolute Gasteiger partial charge is 0.00883 e. The summed E-state index contributed by atoms with van der Waals surface area (Å²) in [5.74, 6) is 0. The van der Waals surface area contributed by atoms with Gasteiger partial charge in [0.2, 0.25) is 0 Å². The van der Waals surface area contributed by atoms with Gasteiger partial charge in [-0.3, -0.25) is 0 Å². The summed E-state index contributed by atoms with van der Waals surface area (Å²) in [6.45, 7) is 2.16. The molecule has 0 aromatic heterocycles. The van der Waals surface area contributed by atoms with Crippen molar-refractivity contribution in [3.05, 3.63) is 41.5 Å². The third-order valence-electron chi connectivity index (χ3n) is 1.90. The normalized spacial score (nSPS) is 14.7. The molecule has 0 nitrogen and oxygen atoms in total. The minimum Gasteiger partial charge on any atom is -0.0760 e. The Bertz CT molecular complexity index is 282. The van der Waals surface area contributed by atoms with Crippen LogP contribution in [0, 0.1) is 6.92 Å². The molecule has 0 radical (unpaired) electrons. The van der Waals surface area contributed by atoms with Crippen molar-refractivity contribution in [2.24, 2.45) is 0 Å². The molecule has 50 valence electrons. The van der Waals surface area contributed by atoms with Gasteiger partial charge in [-0.05, 0) is 30.0 Å². The predicted octanol–water partition coefficient (Wildman–Crippen LogP) is 2.78.